The summed E-state index contributed by atoms with van der Waals surface area (Å²) in [5, 5.41) is 10.2. The van der Waals surface area contributed by atoms with Crippen LogP contribution in [0.15, 0.2) is 41.6 Å². The lowest BCUT2D eigenvalue weighted by molar-refractivity contribution is 0.900. The number of anilines is 1. The number of aromatic nitrogens is 2. The summed E-state index contributed by atoms with van der Waals surface area (Å²) in [6.45, 7) is 0. The fourth-order valence-electron chi connectivity index (χ4n) is 1.81. The molecule has 1 aliphatic heterocycles. The van der Waals surface area contributed by atoms with Crippen molar-refractivity contribution in [1.29, 1.82) is 0 Å². The van der Waals surface area contributed by atoms with Crippen LogP contribution in [0.4, 0.5) is 5.69 Å². The summed E-state index contributed by atoms with van der Waals surface area (Å²) in [5.74, 6) is 1.09. The fourth-order valence-corrected chi connectivity index (χ4v) is 2.97. The molecule has 1 aromatic heterocycles. The van der Waals surface area contributed by atoms with E-state index in [9.17, 15) is 0 Å². The van der Waals surface area contributed by atoms with Gasteiger partial charge in [0.15, 0.2) is 0 Å². The Morgan fingerprint density at radius 2 is 2.33 bits per heavy atom. The molecule has 2 heterocycles. The Morgan fingerprint density at radius 1 is 1.40 bits per heavy atom. The van der Waals surface area contributed by atoms with E-state index in [0.717, 1.165) is 11.4 Å². The smallest absolute Gasteiger partial charge is 0.0728 e. The van der Waals surface area contributed by atoms with Crippen LogP contribution in [-0.4, -0.2) is 16.0 Å². The molecule has 0 spiro atoms. The number of nitrogens with zero attached hydrogens (tertiary/aromatic N) is 1. The minimum atomic E-state index is 0.406. The van der Waals surface area contributed by atoms with E-state index in [1.807, 2.05) is 24.2 Å². The molecule has 3 nitrogen and oxygen atoms in total. The predicted molar refractivity (Wildman–Crippen MR) is 62.1 cm³/mol. The SMILES string of the molecule is c1ccc2c(c1)SCC2Nc1cn[nH]c1. The lowest BCUT2D eigenvalue weighted by atomic mass is 10.1. The topological polar surface area (TPSA) is 40.7 Å². The van der Waals surface area contributed by atoms with Gasteiger partial charge in [0.25, 0.3) is 0 Å². The molecule has 0 amide bonds. The van der Waals surface area contributed by atoms with E-state index in [4.69, 9.17) is 0 Å². The largest absolute Gasteiger partial charge is 0.375 e. The van der Waals surface area contributed by atoms with Gasteiger partial charge < -0.3 is 5.32 Å². The molecule has 3 rings (SSSR count). The monoisotopic (exact) mass is 217 g/mol. The molecular formula is C11H11N3S. The highest BCUT2D eigenvalue weighted by molar-refractivity contribution is 7.99. The van der Waals surface area contributed by atoms with Crippen molar-refractivity contribution in [3.63, 3.8) is 0 Å². The molecule has 0 radical (unpaired) electrons. The van der Waals surface area contributed by atoms with Crippen molar-refractivity contribution in [3.05, 3.63) is 42.2 Å². The second-order valence-corrected chi connectivity index (χ2v) is 4.59. The highest BCUT2D eigenvalue weighted by Gasteiger charge is 2.22. The van der Waals surface area contributed by atoms with E-state index in [0.29, 0.717) is 6.04 Å². The van der Waals surface area contributed by atoms with Gasteiger partial charge in [-0.05, 0) is 11.6 Å². The standard InChI is InChI=1S/C11H11N3S/c1-2-4-11-9(3-1)10(7-15-11)14-8-5-12-13-6-8/h1-6,10,14H,7H2,(H,12,13). The molecule has 2 aromatic rings. The number of hydrogen-bond donors (Lipinski definition) is 2. The Labute approximate surface area is 92.3 Å². The highest BCUT2D eigenvalue weighted by Crippen LogP contribution is 2.39. The van der Waals surface area contributed by atoms with Crippen LogP contribution in [0.25, 0.3) is 0 Å². The van der Waals surface area contributed by atoms with Gasteiger partial charge in [-0.15, -0.1) is 11.8 Å². The van der Waals surface area contributed by atoms with E-state index in [1.165, 1.54) is 10.5 Å². The average Bonchev–Trinajstić information content (AvgIpc) is 2.89. The average molecular weight is 217 g/mol. The Bertz CT molecular complexity index is 453. The van der Waals surface area contributed by atoms with Gasteiger partial charge in [0.05, 0.1) is 17.9 Å². The van der Waals surface area contributed by atoms with Crippen molar-refractivity contribution in [2.45, 2.75) is 10.9 Å². The summed E-state index contributed by atoms with van der Waals surface area (Å²) in [5.41, 5.74) is 2.45. The van der Waals surface area contributed by atoms with Crippen LogP contribution < -0.4 is 5.32 Å². The number of benzene rings is 1. The number of nitrogens with one attached hydrogen (secondary N) is 2. The summed E-state index contributed by atoms with van der Waals surface area (Å²) in [6, 6.07) is 8.95. The second-order valence-electron chi connectivity index (χ2n) is 3.53. The minimum Gasteiger partial charge on any atom is -0.375 e. The first-order valence-electron chi connectivity index (χ1n) is 4.90. The highest BCUT2D eigenvalue weighted by atomic mass is 32.2. The summed E-state index contributed by atoms with van der Waals surface area (Å²) >= 11 is 1.90. The van der Waals surface area contributed by atoms with E-state index >= 15 is 0 Å². The molecular weight excluding hydrogens is 206 g/mol. The maximum atomic E-state index is 3.93. The van der Waals surface area contributed by atoms with E-state index in [1.54, 1.807) is 0 Å². The quantitative estimate of drug-likeness (QED) is 0.812. The van der Waals surface area contributed by atoms with Gasteiger partial charge in [-0.3, -0.25) is 5.10 Å². The van der Waals surface area contributed by atoms with Crippen LogP contribution in [-0.2, 0) is 0 Å². The molecule has 0 saturated heterocycles. The summed E-state index contributed by atoms with van der Waals surface area (Å²) in [6.07, 6.45) is 3.69. The van der Waals surface area contributed by atoms with E-state index in [-0.39, 0.29) is 0 Å². The Hall–Kier alpha value is -1.42. The zero-order valence-electron chi connectivity index (χ0n) is 8.10. The molecule has 76 valence electrons. The molecule has 1 aliphatic rings. The normalized spacial score (nSPS) is 18.8. The van der Waals surface area contributed by atoms with Crippen LogP contribution in [0.3, 0.4) is 0 Å². The van der Waals surface area contributed by atoms with Crippen molar-refractivity contribution in [2.75, 3.05) is 11.1 Å². The molecule has 0 saturated carbocycles. The van der Waals surface area contributed by atoms with E-state index < -0.39 is 0 Å². The first-order chi connectivity index (χ1) is 7.43. The van der Waals surface area contributed by atoms with Gasteiger partial charge in [0.2, 0.25) is 0 Å². The Kier molecular flexibility index (Phi) is 2.14. The van der Waals surface area contributed by atoms with Crippen molar-refractivity contribution in [2.24, 2.45) is 0 Å². The van der Waals surface area contributed by atoms with Crippen LogP contribution in [0, 0.1) is 0 Å². The summed E-state index contributed by atoms with van der Waals surface area (Å²) < 4.78 is 0. The Balaban J connectivity index is 1.85. The molecule has 1 aromatic carbocycles. The predicted octanol–water partition coefficient (Wildman–Crippen LogP) is 2.67. The maximum Gasteiger partial charge on any atom is 0.0728 e. The van der Waals surface area contributed by atoms with Gasteiger partial charge in [-0.2, -0.15) is 5.10 Å². The number of fused-ring (bicyclic) bond motifs is 1. The van der Waals surface area contributed by atoms with Gasteiger partial charge in [0, 0.05) is 16.8 Å². The third kappa shape index (κ3) is 1.61. The molecule has 15 heavy (non-hydrogen) atoms. The third-order valence-electron chi connectivity index (χ3n) is 2.54. The fraction of sp³-hybridized carbons (Fsp3) is 0.182. The summed E-state index contributed by atoms with van der Waals surface area (Å²) in [7, 11) is 0. The van der Waals surface area contributed by atoms with Gasteiger partial charge in [-0.1, -0.05) is 18.2 Å². The second kappa shape index (κ2) is 3.62. The van der Waals surface area contributed by atoms with Crippen molar-refractivity contribution < 1.29 is 0 Å². The van der Waals surface area contributed by atoms with Gasteiger partial charge >= 0.3 is 0 Å². The molecule has 0 fully saturated rings. The number of hydrogen-bond acceptors (Lipinski definition) is 3. The van der Waals surface area contributed by atoms with Crippen LogP contribution in [0.5, 0.6) is 0 Å². The number of thioether (sulfide) groups is 1. The zero-order chi connectivity index (χ0) is 10.1. The van der Waals surface area contributed by atoms with Crippen LogP contribution in [0.2, 0.25) is 0 Å². The van der Waals surface area contributed by atoms with Crippen molar-refractivity contribution in [3.8, 4) is 0 Å². The maximum absolute atomic E-state index is 3.93. The molecule has 1 unspecified atom stereocenters. The van der Waals surface area contributed by atoms with Crippen LogP contribution in [0.1, 0.15) is 11.6 Å². The molecule has 0 bridgehead atoms. The van der Waals surface area contributed by atoms with Gasteiger partial charge in [0.1, 0.15) is 0 Å². The molecule has 4 heteroatoms. The minimum absolute atomic E-state index is 0.406. The molecule has 1 atom stereocenters. The van der Waals surface area contributed by atoms with E-state index in [2.05, 4.69) is 39.8 Å². The van der Waals surface area contributed by atoms with Gasteiger partial charge in [-0.25, -0.2) is 0 Å². The summed E-state index contributed by atoms with van der Waals surface area (Å²) in [4.78, 5) is 1.39. The molecule has 0 aliphatic carbocycles. The zero-order valence-corrected chi connectivity index (χ0v) is 8.92. The molecule has 2 N–H and O–H groups in total. The number of aromatic amines is 1. The first kappa shape index (κ1) is 8.85. The lowest BCUT2D eigenvalue weighted by Gasteiger charge is -2.12. The number of rotatable bonds is 2. The number of H-pyrrole nitrogens is 1. The van der Waals surface area contributed by atoms with Crippen LogP contribution >= 0.6 is 11.8 Å². The van der Waals surface area contributed by atoms with Crippen molar-refractivity contribution >= 4 is 17.4 Å². The first-order valence-corrected chi connectivity index (χ1v) is 5.89. The van der Waals surface area contributed by atoms with Crippen molar-refractivity contribution in [1.82, 2.24) is 10.2 Å². The third-order valence-corrected chi connectivity index (χ3v) is 3.72. The lowest BCUT2D eigenvalue weighted by Crippen LogP contribution is -2.08. The Morgan fingerprint density at radius 3 is 3.20 bits per heavy atom.